The van der Waals surface area contributed by atoms with Gasteiger partial charge in [0.15, 0.2) is 0 Å². The summed E-state index contributed by atoms with van der Waals surface area (Å²) < 4.78 is 22.0. The highest BCUT2D eigenvalue weighted by Gasteiger charge is 2.01. The van der Waals surface area contributed by atoms with Crippen molar-refractivity contribution in [3.05, 3.63) is 123 Å². The highest BCUT2D eigenvalue weighted by molar-refractivity contribution is 5.86. The van der Waals surface area contributed by atoms with Crippen LogP contribution in [0.25, 0.3) is 21.5 Å². The first-order valence-corrected chi connectivity index (χ1v) is 15.8. The topological polar surface area (TPSA) is 36.9 Å². The van der Waals surface area contributed by atoms with Gasteiger partial charge in [-0.25, -0.2) is 0 Å². The van der Waals surface area contributed by atoms with Gasteiger partial charge in [0.2, 0.25) is 0 Å². The van der Waals surface area contributed by atoms with Crippen LogP contribution in [-0.4, -0.2) is 26.4 Å². The average molecular weight is 613 g/mol. The summed E-state index contributed by atoms with van der Waals surface area (Å²) in [5.41, 5.74) is 0. The van der Waals surface area contributed by atoms with Crippen LogP contribution in [0.5, 0.6) is 23.0 Å². The Morgan fingerprint density at radius 1 is 0.467 bits per heavy atom. The molecule has 0 aliphatic carbocycles. The van der Waals surface area contributed by atoms with E-state index in [1.54, 1.807) is 24.3 Å². The molecule has 0 unspecified atom stereocenters. The van der Waals surface area contributed by atoms with Crippen molar-refractivity contribution in [3.8, 4) is 23.0 Å². The predicted molar refractivity (Wildman–Crippen MR) is 198 cm³/mol. The molecule has 0 N–H and O–H groups in total. The molecule has 0 aliphatic heterocycles. The molecule has 0 spiro atoms. The third-order valence-corrected chi connectivity index (χ3v) is 5.04. The summed E-state index contributed by atoms with van der Waals surface area (Å²) in [5, 5.41) is 4.51. The van der Waals surface area contributed by atoms with E-state index in [4.69, 9.17) is 18.9 Å². The van der Waals surface area contributed by atoms with Crippen LogP contribution < -0.4 is 18.9 Å². The monoisotopic (exact) mass is 612 g/mol. The molecule has 45 heavy (non-hydrogen) atoms. The Kier molecular flexibility index (Phi) is 23.4. The molecule has 4 rings (SSSR count). The van der Waals surface area contributed by atoms with E-state index in [-0.39, 0.29) is 0 Å². The minimum absolute atomic E-state index is 0.520. The maximum Gasteiger partial charge on any atom is 0.120 e. The second kappa shape index (κ2) is 26.0. The molecule has 0 aromatic heterocycles. The van der Waals surface area contributed by atoms with Crippen LogP contribution in [0.2, 0.25) is 0 Å². The third kappa shape index (κ3) is 18.1. The number of benzene rings is 4. The lowest BCUT2D eigenvalue weighted by Gasteiger charge is -2.07. The summed E-state index contributed by atoms with van der Waals surface area (Å²) in [6.45, 7) is 31.3. The minimum Gasteiger partial charge on any atom is -0.490 e. The van der Waals surface area contributed by atoms with Gasteiger partial charge in [0.1, 0.15) is 49.4 Å². The Labute approximate surface area is 273 Å². The number of hydrogen-bond acceptors (Lipinski definition) is 4. The van der Waals surface area contributed by atoms with E-state index < -0.39 is 0 Å². The second-order valence-electron chi connectivity index (χ2n) is 10.2. The quantitative estimate of drug-likeness (QED) is 0.149. The van der Waals surface area contributed by atoms with Crippen molar-refractivity contribution in [2.24, 2.45) is 5.92 Å². The van der Waals surface area contributed by atoms with Crippen LogP contribution in [0, 0.1) is 5.92 Å². The minimum atomic E-state index is 0.520. The third-order valence-electron chi connectivity index (χ3n) is 5.04. The molecule has 4 aromatic carbocycles. The molecular weight excluding hydrogens is 556 g/mol. The Morgan fingerprint density at radius 3 is 0.800 bits per heavy atom. The number of ether oxygens (including phenoxy) is 4. The molecule has 4 nitrogen and oxygen atoms in total. The zero-order valence-corrected chi connectivity index (χ0v) is 28.8. The van der Waals surface area contributed by atoms with Gasteiger partial charge in [-0.15, -0.1) is 0 Å². The van der Waals surface area contributed by atoms with E-state index >= 15 is 0 Å². The first kappa shape index (κ1) is 40.6. The smallest absolute Gasteiger partial charge is 0.120 e. The molecule has 244 valence electrons. The van der Waals surface area contributed by atoms with E-state index in [2.05, 4.69) is 60.9 Å². The zero-order chi connectivity index (χ0) is 33.9. The Balaban J connectivity index is 0.000000683. The van der Waals surface area contributed by atoms with E-state index in [0.717, 1.165) is 50.5 Å². The maximum atomic E-state index is 5.50. The summed E-state index contributed by atoms with van der Waals surface area (Å²) >= 11 is 0. The van der Waals surface area contributed by atoms with Crippen LogP contribution in [-0.2, 0) is 0 Å². The van der Waals surface area contributed by atoms with Crippen LogP contribution in [0.4, 0.5) is 0 Å². The van der Waals surface area contributed by atoms with Gasteiger partial charge in [-0.1, -0.05) is 130 Å². The summed E-state index contributed by atoms with van der Waals surface area (Å²) in [6.07, 6.45) is 8.18. The first-order chi connectivity index (χ1) is 21.8. The molecule has 4 aromatic rings. The Morgan fingerprint density at radius 2 is 0.644 bits per heavy atom. The predicted octanol–water partition coefficient (Wildman–Crippen LogP) is 12.0. The maximum absolute atomic E-state index is 5.50. The summed E-state index contributed by atoms with van der Waals surface area (Å²) in [7, 11) is 0. The molecule has 0 saturated carbocycles. The van der Waals surface area contributed by atoms with Crippen molar-refractivity contribution >= 4 is 21.5 Å². The van der Waals surface area contributed by atoms with Gasteiger partial charge in [-0.2, -0.15) is 0 Å². The SMILES string of the molecule is C=CCOc1ccc2cc(OCC=C)ccc2c1.C=CCOc1ccc2cc(OCC=C)ccc2c1.CC.CC(C)C.CCC. The second-order valence-corrected chi connectivity index (χ2v) is 10.2. The highest BCUT2D eigenvalue weighted by Crippen LogP contribution is 2.26. The van der Waals surface area contributed by atoms with Crippen molar-refractivity contribution in [3.63, 3.8) is 0 Å². The van der Waals surface area contributed by atoms with Crippen molar-refractivity contribution in [2.75, 3.05) is 26.4 Å². The molecule has 4 heteroatoms. The van der Waals surface area contributed by atoms with Gasteiger partial charge >= 0.3 is 0 Å². The van der Waals surface area contributed by atoms with Crippen molar-refractivity contribution in [2.45, 2.75) is 54.9 Å². The number of hydrogen-bond donors (Lipinski definition) is 0. The van der Waals surface area contributed by atoms with Gasteiger partial charge in [0, 0.05) is 0 Å². The fourth-order valence-corrected chi connectivity index (χ4v) is 3.38. The van der Waals surface area contributed by atoms with Gasteiger partial charge in [0.25, 0.3) is 0 Å². The van der Waals surface area contributed by atoms with Gasteiger partial charge in [0.05, 0.1) is 0 Å². The number of fused-ring (bicyclic) bond motifs is 2. The van der Waals surface area contributed by atoms with E-state index in [1.165, 1.54) is 6.42 Å². The largest absolute Gasteiger partial charge is 0.490 e. The fraction of sp³-hybridized carbons (Fsp3) is 0.317. The summed E-state index contributed by atoms with van der Waals surface area (Å²) in [6, 6.07) is 23.9. The molecule has 0 amide bonds. The molecular formula is C41H56O4. The van der Waals surface area contributed by atoms with Gasteiger partial charge in [-0.05, 0) is 76.0 Å². The molecule has 0 fully saturated rings. The normalized spacial score (nSPS) is 9.33. The lowest BCUT2D eigenvalue weighted by molar-refractivity contribution is 0.362. The molecule has 0 radical (unpaired) electrons. The van der Waals surface area contributed by atoms with Crippen molar-refractivity contribution in [1.82, 2.24) is 0 Å². The van der Waals surface area contributed by atoms with Crippen LogP contribution in [0.15, 0.2) is 123 Å². The van der Waals surface area contributed by atoms with E-state index in [1.807, 2.05) is 86.6 Å². The van der Waals surface area contributed by atoms with Crippen LogP contribution >= 0.6 is 0 Å². The van der Waals surface area contributed by atoms with Crippen molar-refractivity contribution < 1.29 is 18.9 Å². The summed E-state index contributed by atoms with van der Waals surface area (Å²) in [5.74, 6) is 4.23. The van der Waals surface area contributed by atoms with E-state index in [0.29, 0.717) is 26.4 Å². The first-order valence-electron chi connectivity index (χ1n) is 15.8. The van der Waals surface area contributed by atoms with Gasteiger partial charge < -0.3 is 18.9 Å². The van der Waals surface area contributed by atoms with Crippen molar-refractivity contribution in [1.29, 1.82) is 0 Å². The lowest BCUT2D eigenvalue weighted by Crippen LogP contribution is -1.93. The van der Waals surface area contributed by atoms with E-state index in [9.17, 15) is 0 Å². The Bertz CT molecular complexity index is 1180. The highest BCUT2D eigenvalue weighted by atomic mass is 16.5. The standard InChI is InChI=1S/2C16H16O2.C4H10.C3H8.C2H6/c2*1-3-9-17-15-7-5-14-12-16(18-10-4-2)8-6-13(14)11-15;1-4(2)3;1-3-2;1-2/h2*3-8,11-12H,1-2,9-10H2;4H,1-3H3;3H2,1-2H3;1-2H3. The lowest BCUT2D eigenvalue weighted by atomic mass is 10.1. The average Bonchev–Trinajstić information content (AvgIpc) is 3.05. The zero-order valence-electron chi connectivity index (χ0n) is 28.8. The van der Waals surface area contributed by atoms with Gasteiger partial charge in [-0.3, -0.25) is 0 Å². The fourth-order valence-electron chi connectivity index (χ4n) is 3.38. The molecule has 0 saturated heterocycles. The molecule has 0 bridgehead atoms. The van der Waals surface area contributed by atoms with Crippen LogP contribution in [0.3, 0.4) is 0 Å². The summed E-state index contributed by atoms with van der Waals surface area (Å²) in [4.78, 5) is 0. The molecule has 0 atom stereocenters. The molecule has 0 aliphatic rings. The Hall–Kier alpha value is -4.44. The van der Waals surface area contributed by atoms with Crippen LogP contribution in [0.1, 0.15) is 54.9 Å². The number of rotatable bonds is 12. The molecule has 0 heterocycles.